The van der Waals surface area contributed by atoms with Crippen LogP contribution in [0.4, 0.5) is 5.95 Å². The molecule has 0 bridgehead atoms. The number of anilines is 1. The third kappa shape index (κ3) is 4.39. The van der Waals surface area contributed by atoms with Gasteiger partial charge in [0, 0.05) is 18.7 Å². The second-order valence-electron chi connectivity index (χ2n) is 7.72. The maximum Gasteiger partial charge on any atom is 0.247 e. The summed E-state index contributed by atoms with van der Waals surface area (Å²) >= 11 is 1.53. The fourth-order valence-corrected chi connectivity index (χ4v) is 4.43. The first-order valence-electron chi connectivity index (χ1n) is 10.5. The Morgan fingerprint density at radius 2 is 1.69 bits per heavy atom. The molecule has 0 spiro atoms. The van der Waals surface area contributed by atoms with Crippen LogP contribution in [0.15, 0.2) is 58.1 Å². The van der Waals surface area contributed by atoms with Crippen molar-refractivity contribution < 1.29 is 9.15 Å². The van der Waals surface area contributed by atoms with Crippen LogP contribution in [0.5, 0.6) is 0 Å². The Morgan fingerprint density at radius 3 is 2.47 bits per heavy atom. The first-order valence-corrected chi connectivity index (χ1v) is 11.5. The second-order valence-corrected chi connectivity index (χ2v) is 8.66. The lowest BCUT2D eigenvalue weighted by molar-refractivity contribution is 0.122. The van der Waals surface area contributed by atoms with E-state index in [2.05, 4.69) is 55.0 Å². The number of aromatic nitrogens is 5. The zero-order valence-corrected chi connectivity index (χ0v) is 18.9. The fraction of sp³-hybridized carbons (Fsp3) is 0.304. The van der Waals surface area contributed by atoms with Crippen LogP contribution >= 0.6 is 11.8 Å². The Bertz CT molecular complexity index is 1210. The Labute approximate surface area is 190 Å². The molecule has 9 heteroatoms. The largest absolute Gasteiger partial charge is 0.420 e. The van der Waals surface area contributed by atoms with Gasteiger partial charge < -0.3 is 14.1 Å². The third-order valence-corrected chi connectivity index (χ3v) is 6.14. The molecular weight excluding hydrogens is 424 g/mol. The molecule has 0 saturated carbocycles. The molecule has 164 valence electrons. The van der Waals surface area contributed by atoms with Crippen LogP contribution in [0.3, 0.4) is 0 Å². The van der Waals surface area contributed by atoms with Crippen molar-refractivity contribution >= 4 is 17.7 Å². The van der Waals surface area contributed by atoms with Crippen molar-refractivity contribution in [2.24, 2.45) is 0 Å². The van der Waals surface area contributed by atoms with Gasteiger partial charge in [0.05, 0.1) is 24.7 Å². The fourth-order valence-electron chi connectivity index (χ4n) is 3.65. The summed E-state index contributed by atoms with van der Waals surface area (Å²) in [4.78, 5) is 2.21. The molecule has 0 aliphatic carbocycles. The summed E-state index contributed by atoms with van der Waals surface area (Å²) in [6, 6.07) is 16.4. The van der Waals surface area contributed by atoms with E-state index in [4.69, 9.17) is 9.15 Å². The van der Waals surface area contributed by atoms with Crippen molar-refractivity contribution in [3.63, 3.8) is 0 Å². The predicted molar refractivity (Wildman–Crippen MR) is 123 cm³/mol. The molecule has 0 radical (unpaired) electrons. The quantitative estimate of drug-likeness (QED) is 0.409. The molecular formula is C23H24N6O2S. The molecule has 3 heterocycles. The minimum atomic E-state index is 0.506. The molecule has 4 aromatic rings. The molecule has 0 atom stereocenters. The highest BCUT2D eigenvalue weighted by Gasteiger charge is 2.22. The standard InChI is InChI=1S/C23H24N6O2S/c1-16-5-3-7-18(13-16)21-25-24-20(31-21)15-32-23-27-26-22(28-9-11-30-12-10-28)29(23)19-8-4-6-17(2)14-19/h3-8,13-14H,9-12,15H2,1-2H3. The molecule has 0 N–H and O–H groups in total. The molecule has 1 aliphatic heterocycles. The van der Waals surface area contributed by atoms with Crippen LogP contribution in [0, 0.1) is 13.8 Å². The minimum Gasteiger partial charge on any atom is -0.420 e. The molecule has 0 amide bonds. The normalized spacial score (nSPS) is 14.1. The molecule has 8 nitrogen and oxygen atoms in total. The van der Waals surface area contributed by atoms with Gasteiger partial charge in [0.15, 0.2) is 5.16 Å². The minimum absolute atomic E-state index is 0.506. The van der Waals surface area contributed by atoms with Crippen LogP contribution in [0.25, 0.3) is 17.1 Å². The van der Waals surface area contributed by atoms with Gasteiger partial charge >= 0.3 is 0 Å². The van der Waals surface area contributed by atoms with Crippen LogP contribution < -0.4 is 4.90 Å². The predicted octanol–water partition coefficient (Wildman–Crippen LogP) is 4.06. The number of benzene rings is 2. The summed E-state index contributed by atoms with van der Waals surface area (Å²) in [7, 11) is 0. The van der Waals surface area contributed by atoms with Gasteiger partial charge in [-0.2, -0.15) is 0 Å². The van der Waals surface area contributed by atoms with Crippen molar-refractivity contribution in [3.05, 3.63) is 65.5 Å². The second kappa shape index (κ2) is 9.13. The number of ether oxygens (including phenoxy) is 1. The summed E-state index contributed by atoms with van der Waals surface area (Å²) < 4.78 is 13.5. The van der Waals surface area contributed by atoms with Crippen molar-refractivity contribution in [3.8, 4) is 17.1 Å². The van der Waals surface area contributed by atoms with Crippen LogP contribution in [-0.4, -0.2) is 51.3 Å². The van der Waals surface area contributed by atoms with E-state index in [9.17, 15) is 0 Å². The van der Waals surface area contributed by atoms with Crippen LogP contribution in [0.2, 0.25) is 0 Å². The Kier molecular flexibility index (Phi) is 5.91. The van der Waals surface area contributed by atoms with E-state index in [1.807, 2.05) is 37.3 Å². The van der Waals surface area contributed by atoms with Crippen LogP contribution in [-0.2, 0) is 10.5 Å². The van der Waals surface area contributed by atoms with E-state index in [-0.39, 0.29) is 0 Å². The number of rotatable bonds is 6. The number of aryl methyl sites for hydroxylation is 2. The van der Waals surface area contributed by atoms with Crippen molar-refractivity contribution in [1.29, 1.82) is 0 Å². The first kappa shape index (κ1) is 20.7. The SMILES string of the molecule is Cc1cccc(-c2nnc(CSc3nnc(N4CCOCC4)n3-c3cccc(C)c3)o2)c1. The van der Waals surface area contributed by atoms with E-state index in [0.717, 1.165) is 41.0 Å². The van der Waals surface area contributed by atoms with Gasteiger partial charge in [-0.1, -0.05) is 41.6 Å². The summed E-state index contributed by atoms with van der Waals surface area (Å²) in [6.07, 6.45) is 0. The van der Waals surface area contributed by atoms with E-state index in [1.165, 1.54) is 17.3 Å². The maximum atomic E-state index is 5.91. The lowest BCUT2D eigenvalue weighted by Gasteiger charge is -2.28. The van der Waals surface area contributed by atoms with Gasteiger partial charge in [-0.3, -0.25) is 4.57 Å². The van der Waals surface area contributed by atoms with Gasteiger partial charge in [-0.05, 0) is 43.7 Å². The van der Waals surface area contributed by atoms with Crippen molar-refractivity contribution in [2.45, 2.75) is 24.8 Å². The lowest BCUT2D eigenvalue weighted by atomic mass is 10.1. The highest BCUT2D eigenvalue weighted by Crippen LogP contribution is 2.30. The number of nitrogens with zero attached hydrogens (tertiary/aromatic N) is 6. The molecule has 32 heavy (non-hydrogen) atoms. The van der Waals surface area contributed by atoms with Gasteiger partial charge in [-0.15, -0.1) is 20.4 Å². The topological polar surface area (TPSA) is 82.1 Å². The average molecular weight is 449 g/mol. The summed E-state index contributed by atoms with van der Waals surface area (Å²) in [6.45, 7) is 7.08. The molecule has 2 aromatic carbocycles. The van der Waals surface area contributed by atoms with E-state index in [1.54, 1.807) is 0 Å². The van der Waals surface area contributed by atoms with E-state index in [0.29, 0.717) is 30.7 Å². The smallest absolute Gasteiger partial charge is 0.247 e. The summed E-state index contributed by atoms with van der Waals surface area (Å²) in [5.41, 5.74) is 4.29. The monoisotopic (exact) mass is 448 g/mol. The number of thioether (sulfide) groups is 1. The maximum absolute atomic E-state index is 5.91. The van der Waals surface area contributed by atoms with Gasteiger partial charge in [0.1, 0.15) is 0 Å². The zero-order valence-electron chi connectivity index (χ0n) is 18.1. The Hall–Kier alpha value is -3.17. The highest BCUT2D eigenvalue weighted by atomic mass is 32.2. The zero-order chi connectivity index (χ0) is 21.9. The summed E-state index contributed by atoms with van der Waals surface area (Å²) in [5, 5.41) is 18.2. The Balaban J connectivity index is 1.41. The Morgan fingerprint density at radius 1 is 0.906 bits per heavy atom. The van der Waals surface area contributed by atoms with E-state index < -0.39 is 0 Å². The van der Waals surface area contributed by atoms with Gasteiger partial charge in [-0.25, -0.2) is 0 Å². The number of hydrogen-bond acceptors (Lipinski definition) is 8. The van der Waals surface area contributed by atoms with E-state index >= 15 is 0 Å². The molecule has 1 fully saturated rings. The molecule has 1 aliphatic rings. The molecule has 2 aromatic heterocycles. The van der Waals surface area contributed by atoms with Gasteiger partial charge in [0.2, 0.25) is 17.7 Å². The van der Waals surface area contributed by atoms with Crippen molar-refractivity contribution in [2.75, 3.05) is 31.2 Å². The summed E-state index contributed by atoms with van der Waals surface area (Å²) in [5.74, 6) is 2.41. The number of hydrogen-bond donors (Lipinski definition) is 0. The average Bonchev–Trinajstić information content (AvgIpc) is 3.46. The number of morpholine rings is 1. The molecule has 1 saturated heterocycles. The highest BCUT2D eigenvalue weighted by molar-refractivity contribution is 7.98. The lowest BCUT2D eigenvalue weighted by Crippen LogP contribution is -2.37. The first-order chi connectivity index (χ1) is 15.7. The van der Waals surface area contributed by atoms with Gasteiger partial charge in [0.25, 0.3) is 0 Å². The van der Waals surface area contributed by atoms with Crippen molar-refractivity contribution in [1.82, 2.24) is 25.0 Å². The molecule has 0 unspecified atom stereocenters. The molecule has 5 rings (SSSR count). The third-order valence-electron chi connectivity index (χ3n) is 5.23. The van der Waals surface area contributed by atoms with Crippen LogP contribution in [0.1, 0.15) is 17.0 Å².